The van der Waals surface area contributed by atoms with Crippen LogP contribution in [0.3, 0.4) is 0 Å². The van der Waals surface area contributed by atoms with Crippen molar-refractivity contribution in [1.82, 2.24) is 4.98 Å². The number of nitrogens with zero attached hydrogens (tertiary/aromatic N) is 1. The first-order valence-corrected chi connectivity index (χ1v) is 5.19. The van der Waals surface area contributed by atoms with Crippen LogP contribution in [0.2, 0.25) is 0 Å². The van der Waals surface area contributed by atoms with Gasteiger partial charge in [0.25, 0.3) is 5.19 Å². The van der Waals surface area contributed by atoms with Crippen LogP contribution in [0.4, 0.5) is 0 Å². The lowest BCUT2D eigenvalue weighted by molar-refractivity contribution is -0.138. The van der Waals surface area contributed by atoms with Crippen molar-refractivity contribution < 1.29 is 14.3 Å². The molecule has 0 aliphatic carbocycles. The molecule has 0 radical (unpaired) electrons. The fourth-order valence-corrected chi connectivity index (χ4v) is 1.46. The maximum absolute atomic E-state index is 11.2. The number of nitrogens with two attached hydrogens (primary N) is 1. The van der Waals surface area contributed by atoms with Crippen LogP contribution in [0.15, 0.2) is 11.1 Å². The smallest absolute Gasteiger partial charge is 0.354 e. The van der Waals surface area contributed by atoms with Crippen molar-refractivity contribution in [1.29, 1.82) is 0 Å². The zero-order valence-electron chi connectivity index (χ0n) is 8.52. The monoisotopic (exact) mass is 228 g/mol. The number of carbonyl (C=O) groups is 1. The number of hydrogen-bond acceptors (Lipinski definition) is 6. The summed E-state index contributed by atoms with van der Waals surface area (Å²) in [5.41, 5.74) is 6.11. The third-order valence-electron chi connectivity index (χ3n) is 1.49. The van der Waals surface area contributed by atoms with Gasteiger partial charge in [-0.15, -0.1) is 0 Å². The van der Waals surface area contributed by atoms with Gasteiger partial charge in [-0.05, 0) is 13.0 Å². The van der Waals surface area contributed by atoms with E-state index in [4.69, 9.17) is 15.2 Å². The highest BCUT2D eigenvalue weighted by Crippen LogP contribution is 2.18. The molecule has 1 rings (SSSR count). The average Bonchev–Trinajstić information content (AvgIpc) is 2.66. The van der Waals surface area contributed by atoms with Gasteiger partial charge in [0.05, 0.1) is 19.4 Å². The van der Waals surface area contributed by atoms with Crippen LogP contribution in [0.25, 0.3) is 6.08 Å². The maximum atomic E-state index is 11.2. The van der Waals surface area contributed by atoms with Gasteiger partial charge in [0.15, 0.2) is 0 Å². The quantitative estimate of drug-likeness (QED) is 0.615. The topological polar surface area (TPSA) is 74.4 Å². The normalized spacial score (nSPS) is 11.2. The third-order valence-corrected chi connectivity index (χ3v) is 2.31. The van der Waals surface area contributed by atoms with Gasteiger partial charge in [-0.25, -0.2) is 9.78 Å². The molecule has 82 valence electrons. The number of esters is 1. The van der Waals surface area contributed by atoms with Crippen molar-refractivity contribution in [2.45, 2.75) is 6.92 Å². The summed E-state index contributed by atoms with van der Waals surface area (Å²) in [5.74, 6) is -0.538. The van der Waals surface area contributed by atoms with E-state index in [9.17, 15) is 4.79 Å². The van der Waals surface area contributed by atoms with Crippen molar-refractivity contribution >= 4 is 23.4 Å². The number of rotatable bonds is 4. The molecule has 0 saturated heterocycles. The molecule has 15 heavy (non-hydrogen) atoms. The minimum atomic E-state index is -0.538. The first-order chi connectivity index (χ1) is 7.17. The van der Waals surface area contributed by atoms with Crippen LogP contribution in [-0.2, 0) is 9.53 Å². The van der Waals surface area contributed by atoms with E-state index in [1.54, 1.807) is 12.3 Å². The Balaban J connectivity index is 2.73. The highest BCUT2D eigenvalue weighted by molar-refractivity contribution is 7.11. The molecule has 5 nitrogen and oxygen atoms in total. The van der Waals surface area contributed by atoms with Crippen molar-refractivity contribution in [2.75, 3.05) is 13.7 Å². The second-order valence-corrected chi connectivity index (χ2v) is 3.38. The molecule has 0 saturated carbocycles. The van der Waals surface area contributed by atoms with E-state index in [1.165, 1.54) is 24.5 Å². The van der Waals surface area contributed by atoms with E-state index in [0.717, 1.165) is 0 Å². The van der Waals surface area contributed by atoms with Gasteiger partial charge in [-0.1, -0.05) is 11.3 Å². The minimum Gasteiger partial charge on any atom is -0.473 e. The summed E-state index contributed by atoms with van der Waals surface area (Å²) in [7, 11) is 1.53. The lowest BCUT2D eigenvalue weighted by Crippen LogP contribution is -2.14. The zero-order valence-corrected chi connectivity index (χ0v) is 9.34. The summed E-state index contributed by atoms with van der Waals surface area (Å²) in [6, 6.07) is 0. The molecule has 0 aliphatic rings. The van der Waals surface area contributed by atoms with Crippen molar-refractivity contribution in [3.63, 3.8) is 0 Å². The van der Waals surface area contributed by atoms with Crippen LogP contribution in [-0.4, -0.2) is 24.7 Å². The molecule has 0 atom stereocenters. The van der Waals surface area contributed by atoms with E-state index < -0.39 is 5.97 Å². The molecule has 0 amide bonds. The molecule has 0 aromatic carbocycles. The standard InChI is InChI=1S/C9H12N2O3S/c1-3-14-8(12)7(10)4-6-5-15-9(11-6)13-2/h4-5H,3,10H2,1-2H3/b7-4-. The third kappa shape index (κ3) is 3.25. The molecular weight excluding hydrogens is 216 g/mol. The first-order valence-electron chi connectivity index (χ1n) is 4.31. The van der Waals surface area contributed by atoms with Crippen molar-refractivity contribution in [2.24, 2.45) is 5.73 Å². The second-order valence-electron chi connectivity index (χ2n) is 2.56. The number of thiazole rings is 1. The zero-order chi connectivity index (χ0) is 11.3. The van der Waals surface area contributed by atoms with E-state index in [1.807, 2.05) is 0 Å². The number of ether oxygens (including phenoxy) is 2. The Bertz CT molecular complexity index is 373. The molecule has 1 heterocycles. The van der Waals surface area contributed by atoms with E-state index in [2.05, 4.69) is 4.98 Å². The molecule has 0 fully saturated rings. The SMILES string of the molecule is CCOC(=O)/C(N)=C/c1csc(OC)n1. The molecule has 1 aromatic rings. The molecule has 6 heteroatoms. The highest BCUT2D eigenvalue weighted by atomic mass is 32.1. The van der Waals surface area contributed by atoms with Crippen molar-refractivity contribution in [3.8, 4) is 5.19 Å². The van der Waals surface area contributed by atoms with Gasteiger partial charge in [0.2, 0.25) is 0 Å². The Morgan fingerprint density at radius 1 is 1.73 bits per heavy atom. The molecule has 0 aliphatic heterocycles. The van der Waals surface area contributed by atoms with E-state index in [0.29, 0.717) is 17.5 Å². The fourth-order valence-electron chi connectivity index (χ4n) is 0.862. The van der Waals surface area contributed by atoms with Crippen LogP contribution < -0.4 is 10.5 Å². The van der Waals surface area contributed by atoms with Gasteiger partial charge in [-0.2, -0.15) is 0 Å². The minimum absolute atomic E-state index is 0.0322. The number of methoxy groups -OCH3 is 1. The summed E-state index contributed by atoms with van der Waals surface area (Å²) < 4.78 is 9.63. The van der Waals surface area contributed by atoms with Crippen LogP contribution in [0.5, 0.6) is 5.19 Å². The van der Waals surface area contributed by atoms with Crippen LogP contribution in [0, 0.1) is 0 Å². The molecule has 1 aromatic heterocycles. The fraction of sp³-hybridized carbons (Fsp3) is 0.333. The Morgan fingerprint density at radius 2 is 2.47 bits per heavy atom. The summed E-state index contributed by atoms with van der Waals surface area (Å²) in [6.07, 6.45) is 1.46. The summed E-state index contributed by atoms with van der Waals surface area (Å²) in [5, 5.41) is 2.27. The average molecular weight is 228 g/mol. The Hall–Kier alpha value is -1.56. The molecule has 0 bridgehead atoms. The molecular formula is C9H12N2O3S. The second kappa shape index (κ2) is 5.35. The van der Waals surface area contributed by atoms with Crippen molar-refractivity contribution in [3.05, 3.63) is 16.8 Å². The molecule has 2 N–H and O–H groups in total. The summed E-state index contributed by atoms with van der Waals surface area (Å²) in [4.78, 5) is 15.2. The van der Waals surface area contributed by atoms with Gasteiger partial charge < -0.3 is 15.2 Å². The van der Waals surface area contributed by atoms with E-state index >= 15 is 0 Å². The first kappa shape index (κ1) is 11.5. The van der Waals surface area contributed by atoms with Gasteiger partial charge in [0, 0.05) is 5.38 Å². The maximum Gasteiger partial charge on any atom is 0.354 e. The number of aromatic nitrogens is 1. The van der Waals surface area contributed by atoms with Gasteiger partial charge in [0.1, 0.15) is 5.70 Å². The Labute approximate surface area is 91.5 Å². The van der Waals surface area contributed by atoms with E-state index in [-0.39, 0.29) is 5.70 Å². The predicted molar refractivity (Wildman–Crippen MR) is 57.5 cm³/mol. The van der Waals surface area contributed by atoms with Crippen LogP contribution >= 0.6 is 11.3 Å². The number of hydrogen-bond donors (Lipinski definition) is 1. The molecule has 0 unspecified atom stereocenters. The van der Waals surface area contributed by atoms with Gasteiger partial charge >= 0.3 is 5.97 Å². The summed E-state index contributed by atoms with van der Waals surface area (Å²) >= 11 is 1.33. The summed E-state index contributed by atoms with van der Waals surface area (Å²) in [6.45, 7) is 2.02. The Kier molecular flexibility index (Phi) is 4.11. The molecule has 0 spiro atoms. The lowest BCUT2D eigenvalue weighted by Gasteiger charge is -1.99. The van der Waals surface area contributed by atoms with Gasteiger partial charge in [-0.3, -0.25) is 0 Å². The largest absolute Gasteiger partial charge is 0.473 e. The predicted octanol–water partition coefficient (Wildman–Crippen LogP) is 1.01. The van der Waals surface area contributed by atoms with Crippen LogP contribution in [0.1, 0.15) is 12.6 Å². The number of carbonyl (C=O) groups excluding carboxylic acids is 1. The Morgan fingerprint density at radius 3 is 3.00 bits per heavy atom. The highest BCUT2D eigenvalue weighted by Gasteiger charge is 2.07. The lowest BCUT2D eigenvalue weighted by atomic mass is 10.3.